The first-order chi connectivity index (χ1) is 9.51. The number of aliphatic hydroxyl groups is 1. The van der Waals surface area contributed by atoms with Gasteiger partial charge in [-0.15, -0.1) is 0 Å². The zero-order valence-corrected chi connectivity index (χ0v) is 12.5. The molecule has 4 nitrogen and oxygen atoms in total. The van der Waals surface area contributed by atoms with E-state index < -0.39 is 0 Å². The molecule has 0 aliphatic rings. The lowest BCUT2D eigenvalue weighted by molar-refractivity contribution is 0.274. The van der Waals surface area contributed by atoms with Crippen LogP contribution in [0.1, 0.15) is 36.6 Å². The largest absolute Gasteiger partial charge is 0.437 e. The molecule has 1 N–H and O–H groups in total. The summed E-state index contributed by atoms with van der Waals surface area (Å²) in [7, 11) is 0. The SMILES string of the molecule is Cc1cc(Cl)c(C(C)C)cc1Oc1cncc(CO)n1. The number of nitrogens with zero attached hydrogens (tertiary/aromatic N) is 2. The van der Waals surface area contributed by atoms with Gasteiger partial charge in [-0.1, -0.05) is 25.4 Å². The molecule has 0 radical (unpaired) electrons. The second-order valence-electron chi connectivity index (χ2n) is 4.90. The summed E-state index contributed by atoms with van der Waals surface area (Å²) in [5, 5.41) is 9.80. The number of aliphatic hydroxyl groups excluding tert-OH is 1. The number of hydrogen-bond donors (Lipinski definition) is 1. The van der Waals surface area contributed by atoms with Crippen molar-refractivity contribution in [3.05, 3.63) is 46.4 Å². The summed E-state index contributed by atoms with van der Waals surface area (Å²) in [4.78, 5) is 8.14. The van der Waals surface area contributed by atoms with E-state index in [0.717, 1.165) is 16.1 Å². The normalized spacial score (nSPS) is 10.9. The molecule has 0 saturated carbocycles. The summed E-state index contributed by atoms with van der Waals surface area (Å²) in [5.41, 5.74) is 2.42. The van der Waals surface area contributed by atoms with E-state index >= 15 is 0 Å². The molecule has 0 unspecified atom stereocenters. The summed E-state index contributed by atoms with van der Waals surface area (Å²) in [6.07, 6.45) is 3.02. The maximum atomic E-state index is 9.06. The Balaban J connectivity index is 2.35. The molecular formula is C15H17ClN2O2. The second-order valence-corrected chi connectivity index (χ2v) is 5.31. The molecular weight excluding hydrogens is 276 g/mol. The van der Waals surface area contributed by atoms with Gasteiger partial charge in [-0.25, -0.2) is 4.98 Å². The van der Waals surface area contributed by atoms with Gasteiger partial charge in [-0.05, 0) is 36.1 Å². The van der Waals surface area contributed by atoms with Crippen molar-refractivity contribution in [3.8, 4) is 11.6 Å². The number of benzene rings is 1. The van der Waals surface area contributed by atoms with E-state index in [9.17, 15) is 0 Å². The van der Waals surface area contributed by atoms with E-state index in [2.05, 4.69) is 23.8 Å². The molecule has 0 fully saturated rings. The monoisotopic (exact) mass is 292 g/mol. The van der Waals surface area contributed by atoms with Gasteiger partial charge in [0.25, 0.3) is 0 Å². The van der Waals surface area contributed by atoms with Crippen molar-refractivity contribution < 1.29 is 9.84 Å². The van der Waals surface area contributed by atoms with Crippen LogP contribution < -0.4 is 4.74 Å². The van der Waals surface area contributed by atoms with E-state index in [1.807, 2.05) is 19.1 Å². The quantitative estimate of drug-likeness (QED) is 0.930. The van der Waals surface area contributed by atoms with Crippen LogP contribution >= 0.6 is 11.6 Å². The molecule has 0 amide bonds. The molecule has 0 spiro atoms. The number of aromatic nitrogens is 2. The molecule has 2 rings (SSSR count). The fourth-order valence-corrected chi connectivity index (χ4v) is 2.28. The van der Waals surface area contributed by atoms with Gasteiger partial charge in [0.2, 0.25) is 5.88 Å². The number of ether oxygens (including phenoxy) is 1. The van der Waals surface area contributed by atoms with E-state index in [1.54, 1.807) is 0 Å². The third kappa shape index (κ3) is 3.26. The average Bonchev–Trinajstić information content (AvgIpc) is 2.41. The van der Waals surface area contributed by atoms with Crippen molar-refractivity contribution in [2.75, 3.05) is 0 Å². The highest BCUT2D eigenvalue weighted by atomic mass is 35.5. The van der Waals surface area contributed by atoms with Crippen molar-refractivity contribution >= 4 is 11.6 Å². The lowest BCUT2D eigenvalue weighted by Crippen LogP contribution is -1.98. The van der Waals surface area contributed by atoms with Crippen LogP contribution in [-0.4, -0.2) is 15.1 Å². The zero-order valence-electron chi connectivity index (χ0n) is 11.7. The van der Waals surface area contributed by atoms with E-state index in [0.29, 0.717) is 23.2 Å². The van der Waals surface area contributed by atoms with Gasteiger partial charge < -0.3 is 9.84 Å². The first kappa shape index (κ1) is 14.8. The van der Waals surface area contributed by atoms with Crippen molar-refractivity contribution in [2.24, 2.45) is 0 Å². The average molecular weight is 293 g/mol. The maximum absolute atomic E-state index is 9.06. The fraction of sp³-hybridized carbons (Fsp3) is 0.333. The van der Waals surface area contributed by atoms with Gasteiger partial charge in [0, 0.05) is 5.02 Å². The molecule has 106 valence electrons. The Labute approximate surface area is 123 Å². The van der Waals surface area contributed by atoms with Crippen LogP contribution in [0, 0.1) is 6.92 Å². The summed E-state index contributed by atoms with van der Waals surface area (Å²) < 4.78 is 5.75. The summed E-state index contributed by atoms with van der Waals surface area (Å²) in [6.45, 7) is 5.91. The zero-order chi connectivity index (χ0) is 14.7. The lowest BCUT2D eigenvalue weighted by Gasteiger charge is -2.14. The van der Waals surface area contributed by atoms with Crippen molar-refractivity contribution in [2.45, 2.75) is 33.3 Å². The molecule has 2 aromatic rings. The topological polar surface area (TPSA) is 55.2 Å². The number of aryl methyl sites for hydroxylation is 1. The Morgan fingerprint density at radius 3 is 2.70 bits per heavy atom. The Morgan fingerprint density at radius 2 is 2.05 bits per heavy atom. The summed E-state index contributed by atoms with van der Waals surface area (Å²) >= 11 is 6.23. The number of hydrogen-bond acceptors (Lipinski definition) is 4. The number of rotatable bonds is 4. The van der Waals surface area contributed by atoms with Crippen LogP contribution in [0.4, 0.5) is 0 Å². The molecule has 1 heterocycles. The molecule has 1 aromatic heterocycles. The van der Waals surface area contributed by atoms with Gasteiger partial charge in [-0.2, -0.15) is 0 Å². The molecule has 0 aliphatic carbocycles. The highest BCUT2D eigenvalue weighted by Crippen LogP contribution is 2.33. The van der Waals surface area contributed by atoms with E-state index in [1.165, 1.54) is 12.4 Å². The molecule has 20 heavy (non-hydrogen) atoms. The van der Waals surface area contributed by atoms with Crippen LogP contribution in [0.2, 0.25) is 5.02 Å². The second kappa shape index (κ2) is 6.20. The van der Waals surface area contributed by atoms with Crippen molar-refractivity contribution in [1.29, 1.82) is 0 Å². The van der Waals surface area contributed by atoms with Crippen LogP contribution in [-0.2, 0) is 6.61 Å². The minimum atomic E-state index is -0.166. The Bertz CT molecular complexity index is 615. The minimum Gasteiger partial charge on any atom is -0.437 e. The molecule has 0 saturated heterocycles. The van der Waals surface area contributed by atoms with Crippen LogP contribution in [0.25, 0.3) is 0 Å². The van der Waals surface area contributed by atoms with E-state index in [-0.39, 0.29) is 6.61 Å². The maximum Gasteiger partial charge on any atom is 0.238 e. The van der Waals surface area contributed by atoms with Crippen molar-refractivity contribution in [3.63, 3.8) is 0 Å². The van der Waals surface area contributed by atoms with Gasteiger partial charge in [-0.3, -0.25) is 4.98 Å². The Morgan fingerprint density at radius 1 is 1.30 bits per heavy atom. The third-order valence-corrected chi connectivity index (χ3v) is 3.28. The summed E-state index contributed by atoms with van der Waals surface area (Å²) in [5.74, 6) is 1.36. The predicted molar refractivity (Wildman–Crippen MR) is 78.3 cm³/mol. The van der Waals surface area contributed by atoms with Crippen LogP contribution in [0.5, 0.6) is 11.6 Å². The fourth-order valence-electron chi connectivity index (χ4n) is 1.85. The molecule has 0 bridgehead atoms. The molecule has 5 heteroatoms. The lowest BCUT2D eigenvalue weighted by atomic mass is 10.0. The van der Waals surface area contributed by atoms with Crippen molar-refractivity contribution in [1.82, 2.24) is 9.97 Å². The smallest absolute Gasteiger partial charge is 0.238 e. The highest BCUT2D eigenvalue weighted by Gasteiger charge is 2.11. The van der Waals surface area contributed by atoms with Gasteiger partial charge in [0.1, 0.15) is 5.75 Å². The third-order valence-electron chi connectivity index (χ3n) is 2.96. The predicted octanol–water partition coefficient (Wildman–Crippen LogP) is 3.85. The van der Waals surface area contributed by atoms with Gasteiger partial charge in [0.05, 0.1) is 24.7 Å². The number of halogens is 1. The summed E-state index contributed by atoms with van der Waals surface area (Å²) in [6, 6.07) is 3.81. The van der Waals surface area contributed by atoms with E-state index in [4.69, 9.17) is 21.4 Å². The molecule has 0 atom stereocenters. The first-order valence-corrected chi connectivity index (χ1v) is 6.78. The molecule has 0 aliphatic heterocycles. The highest BCUT2D eigenvalue weighted by molar-refractivity contribution is 6.31. The van der Waals surface area contributed by atoms with Crippen LogP contribution in [0.15, 0.2) is 24.5 Å². The Kier molecular flexibility index (Phi) is 4.57. The van der Waals surface area contributed by atoms with Gasteiger partial charge in [0.15, 0.2) is 0 Å². The Hall–Kier alpha value is -1.65. The van der Waals surface area contributed by atoms with Crippen LogP contribution in [0.3, 0.4) is 0 Å². The van der Waals surface area contributed by atoms with Gasteiger partial charge >= 0.3 is 0 Å². The minimum absolute atomic E-state index is 0.166. The standard InChI is InChI=1S/C15H17ClN2O2/c1-9(2)12-5-14(10(3)4-13(12)16)20-15-7-17-6-11(8-19)18-15/h4-7,9,19H,8H2,1-3H3. The first-order valence-electron chi connectivity index (χ1n) is 6.41. The molecule has 1 aromatic carbocycles.